The molecule has 0 saturated heterocycles. The van der Waals surface area contributed by atoms with Gasteiger partial charge in [-0.25, -0.2) is 0 Å². The van der Waals surface area contributed by atoms with Crippen LogP contribution in [0.25, 0.3) is 0 Å². The van der Waals surface area contributed by atoms with Gasteiger partial charge in [-0.3, -0.25) is 0 Å². The molecular weight excluding hydrogens is 230 g/mol. The van der Waals surface area contributed by atoms with Crippen LogP contribution in [0.2, 0.25) is 0 Å². The van der Waals surface area contributed by atoms with Crippen LogP contribution in [0.5, 0.6) is 0 Å². The molecule has 0 radical (unpaired) electrons. The van der Waals surface area contributed by atoms with Crippen LogP contribution in [-0.2, 0) is 0 Å². The van der Waals surface area contributed by atoms with Gasteiger partial charge in [0.15, 0.2) is 0 Å². The van der Waals surface area contributed by atoms with Gasteiger partial charge in [-0.1, -0.05) is 34.1 Å². The van der Waals surface area contributed by atoms with Crippen LogP contribution < -0.4 is 5.32 Å². The number of aliphatic hydroxyl groups is 1. The van der Waals surface area contributed by atoms with Gasteiger partial charge in [-0.2, -0.15) is 0 Å². The molecule has 0 aliphatic carbocycles. The number of aliphatic hydroxyl groups excluding tert-OH is 1. The molecule has 13 heavy (non-hydrogen) atoms. The lowest BCUT2D eigenvalue weighted by Crippen LogP contribution is -2.21. The molecule has 0 aliphatic heterocycles. The Morgan fingerprint density at radius 1 is 1.38 bits per heavy atom. The van der Waals surface area contributed by atoms with Gasteiger partial charge in [0.1, 0.15) is 6.23 Å². The normalized spacial score (nSPS) is 12.6. The maximum Gasteiger partial charge on any atom is 0.134 e. The lowest BCUT2D eigenvalue weighted by molar-refractivity contribution is 0.230. The summed E-state index contributed by atoms with van der Waals surface area (Å²) in [5, 5.41) is 13.0. The Morgan fingerprint density at radius 3 is 2.38 bits per heavy atom. The van der Waals surface area contributed by atoms with E-state index in [2.05, 4.69) is 21.2 Å². The highest BCUT2D eigenvalue weighted by Crippen LogP contribution is 2.19. The van der Waals surface area contributed by atoms with Gasteiger partial charge in [0, 0.05) is 11.0 Å². The van der Waals surface area contributed by atoms with Crippen LogP contribution in [0.1, 0.15) is 11.1 Å². The van der Waals surface area contributed by atoms with Crippen LogP contribution in [-0.4, -0.2) is 16.7 Å². The number of halogens is 1. The molecular formula is C10H14BrNO. The zero-order valence-electron chi connectivity index (χ0n) is 7.84. The Morgan fingerprint density at radius 2 is 1.92 bits per heavy atom. The Labute approximate surface area is 87.1 Å². The van der Waals surface area contributed by atoms with Crippen molar-refractivity contribution in [1.29, 1.82) is 0 Å². The highest BCUT2D eigenvalue weighted by atomic mass is 79.9. The van der Waals surface area contributed by atoms with Gasteiger partial charge in [-0.05, 0) is 25.0 Å². The molecule has 72 valence electrons. The molecule has 2 nitrogen and oxygen atoms in total. The van der Waals surface area contributed by atoms with E-state index in [-0.39, 0.29) is 0 Å². The minimum absolute atomic E-state index is 0.528. The molecule has 0 spiro atoms. The van der Waals surface area contributed by atoms with Crippen molar-refractivity contribution in [2.75, 3.05) is 10.6 Å². The number of rotatable bonds is 3. The molecule has 1 aromatic carbocycles. The number of alkyl halides is 1. The predicted octanol–water partition coefficient (Wildman–Crippen LogP) is 2.43. The molecule has 0 fully saturated rings. The third-order valence-electron chi connectivity index (χ3n) is 1.94. The maximum atomic E-state index is 9.40. The van der Waals surface area contributed by atoms with Crippen molar-refractivity contribution in [3.05, 3.63) is 29.3 Å². The van der Waals surface area contributed by atoms with Crippen molar-refractivity contribution in [2.24, 2.45) is 0 Å². The zero-order valence-corrected chi connectivity index (χ0v) is 9.43. The van der Waals surface area contributed by atoms with E-state index in [1.807, 2.05) is 32.0 Å². The van der Waals surface area contributed by atoms with E-state index in [0.717, 1.165) is 16.8 Å². The lowest BCUT2D eigenvalue weighted by Gasteiger charge is -2.15. The second-order valence-corrected chi connectivity index (χ2v) is 3.73. The van der Waals surface area contributed by atoms with Crippen LogP contribution in [0.3, 0.4) is 0 Å². The van der Waals surface area contributed by atoms with Crippen LogP contribution >= 0.6 is 15.9 Å². The summed E-state index contributed by atoms with van der Waals surface area (Å²) in [5.41, 5.74) is 3.33. The fraction of sp³-hybridized carbons (Fsp3) is 0.400. The number of hydrogen-bond acceptors (Lipinski definition) is 2. The Bertz CT molecular complexity index is 268. The van der Waals surface area contributed by atoms with Gasteiger partial charge in [-0.15, -0.1) is 0 Å². The minimum atomic E-state index is -0.528. The summed E-state index contributed by atoms with van der Waals surface area (Å²) < 4.78 is 0. The second-order valence-electron chi connectivity index (χ2n) is 3.08. The van der Waals surface area contributed by atoms with Crippen molar-refractivity contribution >= 4 is 21.6 Å². The van der Waals surface area contributed by atoms with Crippen LogP contribution in [0.4, 0.5) is 5.69 Å². The van der Waals surface area contributed by atoms with E-state index >= 15 is 0 Å². The van der Waals surface area contributed by atoms with Crippen molar-refractivity contribution in [3.8, 4) is 0 Å². The topological polar surface area (TPSA) is 32.3 Å². The van der Waals surface area contributed by atoms with Gasteiger partial charge in [0.2, 0.25) is 0 Å². The average molecular weight is 244 g/mol. The highest BCUT2D eigenvalue weighted by Gasteiger charge is 2.05. The SMILES string of the molecule is Cc1cccc(C)c1NC(O)CBr. The predicted molar refractivity (Wildman–Crippen MR) is 59.3 cm³/mol. The molecule has 1 atom stereocenters. The van der Waals surface area contributed by atoms with Gasteiger partial charge >= 0.3 is 0 Å². The smallest absolute Gasteiger partial charge is 0.134 e. The number of nitrogens with one attached hydrogen (secondary N) is 1. The first-order valence-electron chi connectivity index (χ1n) is 4.22. The van der Waals surface area contributed by atoms with Crippen molar-refractivity contribution in [1.82, 2.24) is 0 Å². The largest absolute Gasteiger partial charge is 0.373 e. The van der Waals surface area contributed by atoms with E-state index < -0.39 is 6.23 Å². The number of aryl methyl sites for hydroxylation is 2. The summed E-state index contributed by atoms with van der Waals surface area (Å²) in [4.78, 5) is 0. The fourth-order valence-corrected chi connectivity index (χ4v) is 1.41. The molecule has 1 unspecified atom stereocenters. The van der Waals surface area contributed by atoms with E-state index in [0.29, 0.717) is 5.33 Å². The average Bonchev–Trinajstić information content (AvgIpc) is 2.11. The van der Waals surface area contributed by atoms with E-state index in [1.54, 1.807) is 0 Å². The maximum absolute atomic E-state index is 9.40. The van der Waals surface area contributed by atoms with E-state index in [1.165, 1.54) is 0 Å². The molecule has 2 N–H and O–H groups in total. The van der Waals surface area contributed by atoms with E-state index in [9.17, 15) is 5.11 Å². The number of hydrogen-bond donors (Lipinski definition) is 2. The zero-order chi connectivity index (χ0) is 9.84. The van der Waals surface area contributed by atoms with E-state index in [4.69, 9.17) is 0 Å². The Balaban J connectivity index is 2.87. The van der Waals surface area contributed by atoms with Gasteiger partial charge in [0.25, 0.3) is 0 Å². The summed E-state index contributed by atoms with van der Waals surface area (Å²) in [6.45, 7) is 4.05. The molecule has 0 heterocycles. The first kappa shape index (κ1) is 10.5. The Hall–Kier alpha value is -0.540. The number of para-hydroxylation sites is 1. The molecule has 0 saturated carbocycles. The molecule has 1 aromatic rings. The first-order chi connectivity index (χ1) is 6.15. The molecule has 0 aliphatic rings. The third kappa shape index (κ3) is 2.71. The van der Waals surface area contributed by atoms with Crippen LogP contribution in [0, 0.1) is 13.8 Å². The van der Waals surface area contributed by atoms with Gasteiger partial charge < -0.3 is 10.4 Å². The highest BCUT2D eigenvalue weighted by molar-refractivity contribution is 9.09. The summed E-state index contributed by atoms with van der Waals surface area (Å²) in [5.74, 6) is 0. The third-order valence-corrected chi connectivity index (χ3v) is 2.55. The summed E-state index contributed by atoms with van der Waals surface area (Å²) in [6.07, 6.45) is -0.528. The lowest BCUT2D eigenvalue weighted by atomic mass is 10.1. The second kappa shape index (κ2) is 4.63. The first-order valence-corrected chi connectivity index (χ1v) is 5.34. The minimum Gasteiger partial charge on any atom is -0.373 e. The molecule has 1 rings (SSSR count). The van der Waals surface area contributed by atoms with Crippen molar-refractivity contribution in [2.45, 2.75) is 20.1 Å². The summed E-state index contributed by atoms with van der Waals surface area (Å²) in [6, 6.07) is 6.06. The fourth-order valence-electron chi connectivity index (χ4n) is 1.25. The molecule has 0 amide bonds. The molecule has 0 bridgehead atoms. The van der Waals surface area contributed by atoms with Crippen molar-refractivity contribution in [3.63, 3.8) is 0 Å². The molecule has 0 aromatic heterocycles. The standard InChI is InChI=1S/C10H14BrNO/c1-7-4-3-5-8(2)10(7)12-9(13)6-11/h3-5,9,12-13H,6H2,1-2H3. The Kier molecular flexibility index (Phi) is 3.75. The monoisotopic (exact) mass is 243 g/mol. The van der Waals surface area contributed by atoms with Crippen molar-refractivity contribution < 1.29 is 5.11 Å². The summed E-state index contributed by atoms with van der Waals surface area (Å²) in [7, 11) is 0. The van der Waals surface area contributed by atoms with Gasteiger partial charge in [0.05, 0.1) is 0 Å². The number of benzene rings is 1. The quantitative estimate of drug-likeness (QED) is 0.632. The molecule has 3 heteroatoms. The number of anilines is 1. The summed E-state index contributed by atoms with van der Waals surface area (Å²) >= 11 is 3.21. The van der Waals surface area contributed by atoms with Crippen LogP contribution in [0.15, 0.2) is 18.2 Å².